The van der Waals surface area contributed by atoms with Crippen LogP contribution in [0.2, 0.25) is 5.02 Å². The van der Waals surface area contributed by atoms with Gasteiger partial charge in [-0.3, -0.25) is 19.2 Å². The summed E-state index contributed by atoms with van der Waals surface area (Å²) in [6.45, 7) is 2.27. The Labute approximate surface area is 229 Å². The topological polar surface area (TPSA) is 113 Å². The zero-order valence-corrected chi connectivity index (χ0v) is 21.9. The second-order valence-electron chi connectivity index (χ2n) is 8.77. The van der Waals surface area contributed by atoms with Crippen molar-refractivity contribution in [3.63, 3.8) is 0 Å². The van der Waals surface area contributed by atoms with Gasteiger partial charge in [0.1, 0.15) is 17.3 Å². The fourth-order valence-electron chi connectivity index (χ4n) is 4.34. The van der Waals surface area contributed by atoms with Gasteiger partial charge in [0.2, 0.25) is 5.91 Å². The van der Waals surface area contributed by atoms with E-state index in [4.69, 9.17) is 16.3 Å². The number of nitrogens with zero attached hydrogens (tertiary/aromatic N) is 4. The Morgan fingerprint density at radius 3 is 2.74 bits per heavy atom. The summed E-state index contributed by atoms with van der Waals surface area (Å²) in [6.07, 6.45) is 9.23. The summed E-state index contributed by atoms with van der Waals surface area (Å²) >= 11 is 6.21. The molecule has 39 heavy (non-hydrogen) atoms. The van der Waals surface area contributed by atoms with Crippen LogP contribution in [0.5, 0.6) is 5.75 Å². The molecular weight excluding hydrogens is 532 g/mol. The molecule has 2 aromatic rings. The van der Waals surface area contributed by atoms with Gasteiger partial charge in [0, 0.05) is 49.3 Å². The summed E-state index contributed by atoms with van der Waals surface area (Å²) in [5.41, 5.74) is 0.845. The smallest absolute Gasteiger partial charge is 0.387 e. The fourth-order valence-corrected chi connectivity index (χ4v) is 4.51. The largest absolute Gasteiger partial charge is 0.434 e. The highest BCUT2D eigenvalue weighted by atomic mass is 35.5. The van der Waals surface area contributed by atoms with Crippen LogP contribution in [-0.4, -0.2) is 66.0 Å². The molecule has 0 spiro atoms. The molecule has 13 heteroatoms. The van der Waals surface area contributed by atoms with Crippen LogP contribution in [0.1, 0.15) is 18.9 Å². The van der Waals surface area contributed by atoms with Gasteiger partial charge in [-0.2, -0.15) is 13.9 Å². The monoisotopic (exact) mass is 559 g/mol. The third-order valence-electron chi connectivity index (χ3n) is 6.28. The summed E-state index contributed by atoms with van der Waals surface area (Å²) in [5.74, 6) is -0.431. The normalized spacial score (nSPS) is 17.1. The number of halogens is 3. The zero-order valence-electron chi connectivity index (χ0n) is 21.2. The Morgan fingerprint density at radius 2 is 2.10 bits per heavy atom. The number of alkyl halides is 2. The summed E-state index contributed by atoms with van der Waals surface area (Å²) in [7, 11) is 1.60. The lowest BCUT2D eigenvalue weighted by Gasteiger charge is -2.31. The van der Waals surface area contributed by atoms with E-state index in [1.807, 2.05) is 4.90 Å². The average molecular weight is 560 g/mol. The van der Waals surface area contributed by atoms with Crippen LogP contribution in [0.4, 0.5) is 14.5 Å². The van der Waals surface area contributed by atoms with E-state index >= 15 is 0 Å². The number of rotatable bonds is 9. The molecule has 0 aliphatic carbocycles. The molecule has 3 N–H and O–H groups in total. The lowest BCUT2D eigenvalue weighted by molar-refractivity contribution is -0.122. The molecule has 3 heterocycles. The second-order valence-corrected chi connectivity index (χ2v) is 9.21. The predicted molar refractivity (Wildman–Crippen MR) is 145 cm³/mol. The molecule has 10 nitrogen and oxygen atoms in total. The van der Waals surface area contributed by atoms with E-state index in [2.05, 4.69) is 32.6 Å². The minimum atomic E-state index is -3.07. The van der Waals surface area contributed by atoms with Crippen molar-refractivity contribution in [1.29, 1.82) is 0 Å². The quantitative estimate of drug-likeness (QED) is 0.404. The molecule has 1 aromatic heterocycles. The molecular formula is C26H28ClF2N7O3. The van der Waals surface area contributed by atoms with Crippen LogP contribution in [-0.2, 0) is 9.59 Å². The van der Waals surface area contributed by atoms with Gasteiger partial charge >= 0.3 is 6.61 Å². The van der Waals surface area contributed by atoms with E-state index in [1.165, 1.54) is 30.5 Å². The van der Waals surface area contributed by atoms with Gasteiger partial charge in [-0.1, -0.05) is 24.3 Å². The lowest BCUT2D eigenvalue weighted by atomic mass is 10.1. The van der Waals surface area contributed by atoms with Crippen molar-refractivity contribution >= 4 is 35.3 Å². The first kappa shape index (κ1) is 28.0. The van der Waals surface area contributed by atoms with Crippen LogP contribution >= 0.6 is 11.6 Å². The molecule has 0 radical (unpaired) electrons. The highest BCUT2D eigenvalue weighted by Crippen LogP contribution is 2.38. The number of likely N-dealkylation sites (N-methyl/N-ethyl adjacent to an activating group) is 1. The van der Waals surface area contributed by atoms with E-state index in [-0.39, 0.29) is 45.2 Å². The van der Waals surface area contributed by atoms with E-state index in [1.54, 1.807) is 30.2 Å². The number of amides is 2. The lowest BCUT2D eigenvalue weighted by Crippen LogP contribution is -2.41. The van der Waals surface area contributed by atoms with Crippen molar-refractivity contribution in [3.05, 3.63) is 65.7 Å². The van der Waals surface area contributed by atoms with Crippen molar-refractivity contribution in [2.75, 3.05) is 32.0 Å². The number of carbonyl (C=O) groups excluding carboxylic acids is 2. The summed E-state index contributed by atoms with van der Waals surface area (Å²) < 4.78 is 32.9. The molecule has 2 aliphatic heterocycles. The van der Waals surface area contributed by atoms with Gasteiger partial charge in [-0.15, -0.1) is 0 Å². The number of allylic oxidation sites excluding steroid dienone is 1. The maximum atomic E-state index is 13.3. The number of anilines is 1. The average Bonchev–Trinajstić information content (AvgIpc) is 3.34. The number of likely N-dealkylation sites (tertiary alicyclic amines) is 1. The number of aromatic nitrogens is 2. The standard InChI is InChI=1S/C26H28ClF2N7O3/c1-3-18(24-31-9-4-10-32-24)25(38)33-20-14-36(17-7-11-35(12-8-17)15-22(37)30-2)34-23(20)19-13-16(27)5-6-21(19)39-26(28)29/h3-6,9-10,13-14,17,26,31H,1,7-8,11-12,15H2,2H3,(H,30,37)(H,33,38)/b24-18-. The third kappa shape index (κ3) is 6.89. The van der Waals surface area contributed by atoms with E-state index in [0.717, 1.165) is 0 Å². The number of benzene rings is 1. The van der Waals surface area contributed by atoms with Gasteiger partial charge < -0.3 is 20.7 Å². The molecule has 0 unspecified atom stereocenters. The molecule has 1 saturated heterocycles. The van der Waals surface area contributed by atoms with Gasteiger partial charge in [0.25, 0.3) is 5.91 Å². The molecule has 2 amide bonds. The molecule has 1 fully saturated rings. The molecule has 4 rings (SSSR count). The first-order chi connectivity index (χ1) is 18.8. The Balaban J connectivity index is 1.68. The highest BCUT2D eigenvalue weighted by molar-refractivity contribution is 6.31. The number of carbonyl (C=O) groups is 2. The Morgan fingerprint density at radius 1 is 1.33 bits per heavy atom. The minimum absolute atomic E-state index is 0.0547. The highest BCUT2D eigenvalue weighted by Gasteiger charge is 2.26. The minimum Gasteiger partial charge on any atom is -0.434 e. The maximum Gasteiger partial charge on any atom is 0.387 e. The van der Waals surface area contributed by atoms with Crippen molar-refractivity contribution in [2.45, 2.75) is 25.5 Å². The SMILES string of the molecule is C=C/C(C(=O)Nc1cn(C2CCN(CC(=O)NC)CC2)nc1-c1cc(Cl)ccc1OC(F)F)=C1/N=CC=CN1. The Bertz CT molecular complexity index is 1330. The maximum absolute atomic E-state index is 13.3. The molecule has 206 valence electrons. The van der Waals surface area contributed by atoms with Crippen molar-refractivity contribution in [3.8, 4) is 17.0 Å². The molecule has 0 saturated carbocycles. The number of ether oxygens (including phenoxy) is 1. The number of aliphatic imine (C=N–C) groups is 1. The molecule has 0 atom stereocenters. The van der Waals surface area contributed by atoms with Crippen LogP contribution in [0.3, 0.4) is 0 Å². The van der Waals surface area contributed by atoms with Crippen molar-refractivity contribution < 1.29 is 23.1 Å². The zero-order chi connectivity index (χ0) is 27.9. The van der Waals surface area contributed by atoms with Crippen LogP contribution < -0.4 is 20.7 Å². The third-order valence-corrected chi connectivity index (χ3v) is 6.52. The van der Waals surface area contributed by atoms with Gasteiger partial charge in [-0.25, -0.2) is 4.99 Å². The molecule has 2 aliphatic rings. The second kappa shape index (κ2) is 12.7. The van der Waals surface area contributed by atoms with Crippen molar-refractivity contribution in [1.82, 2.24) is 25.3 Å². The first-order valence-electron chi connectivity index (χ1n) is 12.2. The van der Waals surface area contributed by atoms with Crippen LogP contribution in [0.15, 0.2) is 65.7 Å². The van der Waals surface area contributed by atoms with Crippen LogP contribution in [0.25, 0.3) is 11.3 Å². The van der Waals surface area contributed by atoms with E-state index in [9.17, 15) is 18.4 Å². The van der Waals surface area contributed by atoms with Crippen molar-refractivity contribution in [2.24, 2.45) is 4.99 Å². The van der Waals surface area contributed by atoms with Gasteiger partial charge in [0.05, 0.1) is 23.8 Å². The van der Waals surface area contributed by atoms with Gasteiger partial charge in [0.15, 0.2) is 0 Å². The molecule has 0 bridgehead atoms. The molecule has 1 aromatic carbocycles. The van der Waals surface area contributed by atoms with E-state index < -0.39 is 12.5 Å². The first-order valence-corrected chi connectivity index (χ1v) is 12.6. The van der Waals surface area contributed by atoms with E-state index in [0.29, 0.717) is 38.3 Å². The summed E-state index contributed by atoms with van der Waals surface area (Å²) in [5, 5.41) is 13.3. The summed E-state index contributed by atoms with van der Waals surface area (Å²) in [6, 6.07) is 4.16. The predicted octanol–water partition coefficient (Wildman–Crippen LogP) is 3.71. The number of piperidine rings is 1. The fraction of sp³-hybridized carbons (Fsp3) is 0.308. The Kier molecular flexibility index (Phi) is 9.10. The number of hydrogen-bond acceptors (Lipinski definition) is 7. The summed E-state index contributed by atoms with van der Waals surface area (Å²) in [4.78, 5) is 31.2. The number of nitrogens with one attached hydrogen (secondary N) is 3. The van der Waals surface area contributed by atoms with Gasteiger partial charge in [-0.05, 0) is 37.1 Å². The number of hydrogen-bond donors (Lipinski definition) is 3. The Hall–Kier alpha value is -4.03. The van der Waals surface area contributed by atoms with Crippen LogP contribution in [0, 0.1) is 0 Å².